The minimum absolute atomic E-state index is 0. The van der Waals surface area contributed by atoms with E-state index in [0.29, 0.717) is 17.1 Å². The number of carbonyl (C=O) groups excluding carboxylic acids is 1. The normalized spacial score (nSPS) is 8.73. The van der Waals surface area contributed by atoms with E-state index in [1.165, 1.54) is 31.8 Å². The molecule has 0 radical (unpaired) electrons. The maximum Gasteiger partial charge on any atom is 1.00 e. The molecule has 0 aliphatic rings. The van der Waals surface area contributed by atoms with Gasteiger partial charge < -0.3 is 9.47 Å². The van der Waals surface area contributed by atoms with Gasteiger partial charge in [0.05, 0.1) is 14.2 Å². The minimum Gasteiger partial charge on any atom is -0.493 e. The molecule has 0 spiro atoms. The average molecular weight is 236 g/mol. The van der Waals surface area contributed by atoms with Crippen molar-refractivity contribution in [2.24, 2.45) is 0 Å². The Balaban J connectivity index is 0.00000196. The van der Waals surface area contributed by atoms with E-state index >= 15 is 0 Å². The van der Waals surface area contributed by atoms with Gasteiger partial charge in [-0.2, -0.15) is 0 Å². The molecular weight excluding hydrogens is 225 g/mol. The molecule has 15 heavy (non-hydrogen) atoms. The summed E-state index contributed by atoms with van der Waals surface area (Å²) in [6.45, 7) is 0. The summed E-state index contributed by atoms with van der Waals surface area (Å²) in [5, 5.41) is 8.41. The van der Waals surface area contributed by atoms with Crippen LogP contribution in [0.3, 0.4) is 0 Å². The third-order valence-electron chi connectivity index (χ3n) is 1.75. The third-order valence-corrected chi connectivity index (χ3v) is 1.75. The number of carbonyl (C=O) groups is 1. The first kappa shape index (κ1) is 14.9. The topological polar surface area (TPSA) is 67.8 Å². The second kappa shape index (κ2) is 7.21. The molecule has 1 aromatic carbocycles. The SMILES string of the molecule is COc1ccc(C(=O)NO)cc1OC.[K+]. The quantitative estimate of drug-likeness (QED) is 0.356. The van der Waals surface area contributed by atoms with Crippen molar-refractivity contribution in [3.63, 3.8) is 0 Å². The van der Waals surface area contributed by atoms with E-state index in [4.69, 9.17) is 14.7 Å². The Bertz CT molecular complexity index is 343. The number of benzene rings is 1. The zero-order chi connectivity index (χ0) is 10.6. The van der Waals surface area contributed by atoms with Gasteiger partial charge >= 0.3 is 51.4 Å². The molecule has 1 amide bonds. The summed E-state index contributed by atoms with van der Waals surface area (Å²) >= 11 is 0. The molecule has 5 nitrogen and oxygen atoms in total. The average Bonchev–Trinajstić information content (AvgIpc) is 2.26. The molecule has 0 saturated carbocycles. The number of hydroxylamine groups is 1. The Morgan fingerprint density at radius 1 is 1.27 bits per heavy atom. The molecule has 0 heterocycles. The van der Waals surface area contributed by atoms with Crippen molar-refractivity contribution in [3.05, 3.63) is 23.8 Å². The van der Waals surface area contributed by atoms with Gasteiger partial charge in [0.25, 0.3) is 5.91 Å². The van der Waals surface area contributed by atoms with Crippen molar-refractivity contribution in [2.45, 2.75) is 0 Å². The predicted molar refractivity (Wildman–Crippen MR) is 48.8 cm³/mol. The van der Waals surface area contributed by atoms with Gasteiger partial charge in [0, 0.05) is 5.56 Å². The van der Waals surface area contributed by atoms with Gasteiger partial charge in [0.15, 0.2) is 11.5 Å². The van der Waals surface area contributed by atoms with Crippen LogP contribution in [0.4, 0.5) is 0 Å². The third kappa shape index (κ3) is 3.75. The van der Waals surface area contributed by atoms with Crippen LogP contribution in [0.2, 0.25) is 0 Å². The van der Waals surface area contributed by atoms with Gasteiger partial charge in [-0.25, -0.2) is 5.48 Å². The minimum atomic E-state index is -0.592. The molecular formula is C9H11KNO4+. The van der Waals surface area contributed by atoms with Crippen molar-refractivity contribution in [2.75, 3.05) is 14.2 Å². The van der Waals surface area contributed by atoms with Gasteiger partial charge in [0.2, 0.25) is 0 Å². The predicted octanol–water partition coefficient (Wildman–Crippen LogP) is -2.17. The van der Waals surface area contributed by atoms with Gasteiger partial charge in [-0.05, 0) is 18.2 Å². The van der Waals surface area contributed by atoms with Crippen molar-refractivity contribution in [1.29, 1.82) is 0 Å². The molecule has 6 heteroatoms. The van der Waals surface area contributed by atoms with E-state index in [2.05, 4.69) is 0 Å². The van der Waals surface area contributed by atoms with Crippen molar-refractivity contribution in [3.8, 4) is 11.5 Å². The fraction of sp³-hybridized carbons (Fsp3) is 0.222. The van der Waals surface area contributed by atoms with E-state index < -0.39 is 5.91 Å². The zero-order valence-corrected chi connectivity index (χ0v) is 12.0. The number of hydrogen-bond acceptors (Lipinski definition) is 4. The maximum atomic E-state index is 11.0. The van der Waals surface area contributed by atoms with Crippen LogP contribution in [0, 0.1) is 0 Å². The summed E-state index contributed by atoms with van der Waals surface area (Å²) < 4.78 is 9.97. The first-order valence-electron chi connectivity index (χ1n) is 3.89. The largest absolute Gasteiger partial charge is 1.00 e. The van der Waals surface area contributed by atoms with E-state index in [9.17, 15) is 4.79 Å². The number of rotatable bonds is 3. The maximum absolute atomic E-state index is 11.0. The number of hydrogen-bond donors (Lipinski definition) is 2. The Labute approximate surface area is 130 Å². The fourth-order valence-corrected chi connectivity index (χ4v) is 1.04. The molecule has 1 rings (SSSR count). The molecule has 0 aliphatic heterocycles. The van der Waals surface area contributed by atoms with Crippen LogP contribution in [0.15, 0.2) is 18.2 Å². The standard InChI is InChI=1S/C9H11NO4.K/c1-13-7-4-3-6(9(11)10-12)5-8(7)14-2;/h3-5,12H,1-2H3,(H,10,11);/q;+1. The molecule has 0 atom stereocenters. The van der Waals surface area contributed by atoms with Gasteiger partial charge in [-0.15, -0.1) is 0 Å². The summed E-state index contributed by atoms with van der Waals surface area (Å²) in [7, 11) is 2.97. The molecule has 0 unspecified atom stereocenters. The second-order valence-corrected chi connectivity index (χ2v) is 2.51. The van der Waals surface area contributed by atoms with E-state index in [1.54, 1.807) is 6.07 Å². The molecule has 0 aliphatic carbocycles. The van der Waals surface area contributed by atoms with E-state index in [0.717, 1.165) is 0 Å². The zero-order valence-electron chi connectivity index (χ0n) is 8.90. The summed E-state index contributed by atoms with van der Waals surface area (Å²) in [5.41, 5.74) is 1.83. The first-order chi connectivity index (χ1) is 6.72. The van der Waals surface area contributed by atoms with E-state index in [1.807, 2.05) is 0 Å². The number of methoxy groups -OCH3 is 2. The van der Waals surface area contributed by atoms with Crippen LogP contribution in [-0.4, -0.2) is 25.3 Å². The van der Waals surface area contributed by atoms with Crippen molar-refractivity contribution < 1.29 is 70.9 Å². The number of amides is 1. The first-order valence-corrected chi connectivity index (χ1v) is 3.89. The van der Waals surface area contributed by atoms with Crippen LogP contribution >= 0.6 is 0 Å². The summed E-state index contributed by atoms with van der Waals surface area (Å²) in [5.74, 6) is 0.376. The summed E-state index contributed by atoms with van der Waals surface area (Å²) in [4.78, 5) is 11.0. The molecule has 2 N–H and O–H groups in total. The summed E-state index contributed by atoms with van der Waals surface area (Å²) in [6, 6.07) is 4.58. The Hall–Kier alpha value is -0.114. The molecule has 76 valence electrons. The van der Waals surface area contributed by atoms with E-state index in [-0.39, 0.29) is 51.4 Å². The van der Waals surface area contributed by atoms with Crippen molar-refractivity contribution in [1.82, 2.24) is 5.48 Å². The van der Waals surface area contributed by atoms with Crippen LogP contribution in [0.25, 0.3) is 0 Å². The molecule has 0 bridgehead atoms. The van der Waals surface area contributed by atoms with Gasteiger partial charge in [-0.1, -0.05) is 0 Å². The van der Waals surface area contributed by atoms with Crippen LogP contribution in [0.5, 0.6) is 11.5 Å². The smallest absolute Gasteiger partial charge is 0.493 e. The number of ether oxygens (including phenoxy) is 2. The van der Waals surface area contributed by atoms with Crippen LogP contribution in [-0.2, 0) is 0 Å². The van der Waals surface area contributed by atoms with Crippen molar-refractivity contribution >= 4 is 5.91 Å². The monoisotopic (exact) mass is 236 g/mol. The molecule has 1 aromatic rings. The second-order valence-electron chi connectivity index (χ2n) is 2.51. The van der Waals surface area contributed by atoms with Gasteiger partial charge in [-0.3, -0.25) is 10.0 Å². The van der Waals surface area contributed by atoms with Crippen LogP contribution in [0.1, 0.15) is 10.4 Å². The molecule has 0 saturated heterocycles. The Morgan fingerprint density at radius 3 is 2.33 bits per heavy atom. The number of nitrogens with one attached hydrogen (secondary N) is 1. The Morgan fingerprint density at radius 2 is 1.87 bits per heavy atom. The Kier molecular flexibility index (Phi) is 7.15. The van der Waals surface area contributed by atoms with Gasteiger partial charge in [0.1, 0.15) is 0 Å². The van der Waals surface area contributed by atoms with Crippen LogP contribution < -0.4 is 66.3 Å². The molecule has 0 fully saturated rings. The summed E-state index contributed by atoms with van der Waals surface area (Å²) in [6.07, 6.45) is 0. The fourth-order valence-electron chi connectivity index (χ4n) is 1.04. The molecule has 0 aromatic heterocycles.